The van der Waals surface area contributed by atoms with Gasteiger partial charge in [0.2, 0.25) is 5.75 Å². The molecule has 0 fully saturated rings. The highest BCUT2D eigenvalue weighted by Crippen LogP contribution is 2.38. The molecule has 1 aromatic rings. The number of aliphatic hydroxyl groups is 1. The van der Waals surface area contributed by atoms with Crippen LogP contribution in [0.5, 0.6) is 17.2 Å². The molecule has 0 heterocycles. The molecule has 1 unspecified atom stereocenters. The van der Waals surface area contributed by atoms with E-state index in [2.05, 4.69) is 0 Å². The largest absolute Gasteiger partial charge is 0.504 e. The summed E-state index contributed by atoms with van der Waals surface area (Å²) in [6.45, 7) is 1.22. The zero-order valence-corrected chi connectivity index (χ0v) is 9.34. The molecule has 1 aromatic carbocycles. The van der Waals surface area contributed by atoms with Crippen molar-refractivity contribution < 1.29 is 29.3 Å². The number of methoxy groups -OCH3 is 1. The number of rotatable bonds is 4. The molecule has 0 aliphatic rings. The summed E-state index contributed by atoms with van der Waals surface area (Å²) in [4.78, 5) is 22.0. The van der Waals surface area contributed by atoms with Crippen LogP contribution in [0.1, 0.15) is 17.3 Å². The highest BCUT2D eigenvalue weighted by Gasteiger charge is 2.20. The zero-order valence-electron chi connectivity index (χ0n) is 9.34. The number of carbonyl (C=O) groups is 2. The number of esters is 1. The summed E-state index contributed by atoms with van der Waals surface area (Å²) in [5.41, 5.74) is 0.0358. The lowest BCUT2D eigenvalue weighted by molar-refractivity contribution is -0.142. The molecule has 0 aliphatic heterocycles. The first-order valence-corrected chi connectivity index (χ1v) is 4.76. The molecule has 0 radical (unpaired) electrons. The lowest BCUT2D eigenvalue weighted by atomic mass is 10.2. The van der Waals surface area contributed by atoms with Gasteiger partial charge in [0.05, 0.1) is 12.7 Å². The number of aliphatic hydroxyl groups excluding tert-OH is 1. The summed E-state index contributed by atoms with van der Waals surface area (Å²) in [7, 11) is 1.25. The normalized spacial score (nSPS) is 11.7. The van der Waals surface area contributed by atoms with Crippen LogP contribution in [0, 0.1) is 0 Å². The number of benzene rings is 1. The molecule has 1 atom stereocenters. The Morgan fingerprint density at radius 2 is 2.06 bits per heavy atom. The molecule has 2 N–H and O–H groups in total. The maximum Gasteiger partial charge on any atom is 0.340 e. The van der Waals surface area contributed by atoms with Gasteiger partial charge >= 0.3 is 5.97 Å². The van der Waals surface area contributed by atoms with Gasteiger partial charge in [-0.25, -0.2) is 4.79 Å². The Kier molecular flexibility index (Phi) is 4.06. The van der Waals surface area contributed by atoms with E-state index >= 15 is 0 Å². The monoisotopic (exact) mass is 240 g/mol. The lowest BCUT2D eigenvalue weighted by Gasteiger charge is -2.13. The minimum absolute atomic E-state index is 0.0358. The van der Waals surface area contributed by atoms with Crippen molar-refractivity contribution in [2.45, 2.75) is 13.0 Å². The Labute approximate surface area is 97.4 Å². The Hall–Kier alpha value is -2.08. The number of phenols is 1. The summed E-state index contributed by atoms with van der Waals surface area (Å²) in [6.07, 6.45) is -0.895. The highest BCUT2D eigenvalue weighted by molar-refractivity contribution is 5.86. The van der Waals surface area contributed by atoms with Crippen LogP contribution in [-0.4, -0.2) is 35.7 Å². The standard InChI is InChI=1S/C11H12O6/c1-6(13)11(15)17-9-7(5-12)3-4-8(14)10(9)16-2/h3-6,13-14H,1-2H3. The number of aromatic hydroxyl groups is 1. The van der Waals surface area contributed by atoms with Gasteiger partial charge in [-0.3, -0.25) is 4.79 Å². The average molecular weight is 240 g/mol. The minimum atomic E-state index is -1.35. The van der Waals surface area contributed by atoms with Gasteiger partial charge < -0.3 is 19.7 Å². The molecule has 0 aliphatic carbocycles. The first-order valence-electron chi connectivity index (χ1n) is 4.76. The van der Waals surface area contributed by atoms with Crippen molar-refractivity contribution in [1.29, 1.82) is 0 Å². The molecule has 0 amide bonds. The van der Waals surface area contributed by atoms with Crippen molar-refractivity contribution >= 4 is 12.3 Å². The third-order valence-corrected chi connectivity index (χ3v) is 2.00. The third-order valence-electron chi connectivity index (χ3n) is 2.00. The van der Waals surface area contributed by atoms with Gasteiger partial charge in [0.1, 0.15) is 6.10 Å². The van der Waals surface area contributed by atoms with Gasteiger partial charge in [-0.15, -0.1) is 0 Å². The SMILES string of the molecule is COc1c(O)ccc(C=O)c1OC(=O)C(C)O. The van der Waals surface area contributed by atoms with Crippen LogP contribution in [0.4, 0.5) is 0 Å². The predicted molar refractivity (Wildman–Crippen MR) is 57.4 cm³/mol. The van der Waals surface area contributed by atoms with Crippen LogP contribution in [0.25, 0.3) is 0 Å². The van der Waals surface area contributed by atoms with Gasteiger partial charge in [-0.2, -0.15) is 0 Å². The molecular formula is C11H12O6. The molecule has 6 heteroatoms. The second-order valence-electron chi connectivity index (χ2n) is 3.25. The van der Waals surface area contributed by atoms with Crippen molar-refractivity contribution in [1.82, 2.24) is 0 Å². The fourth-order valence-electron chi connectivity index (χ4n) is 1.15. The second-order valence-corrected chi connectivity index (χ2v) is 3.25. The number of carbonyl (C=O) groups excluding carboxylic acids is 2. The van der Waals surface area contributed by atoms with Crippen molar-refractivity contribution in [2.24, 2.45) is 0 Å². The highest BCUT2D eigenvalue weighted by atomic mass is 16.6. The van der Waals surface area contributed by atoms with Crippen LogP contribution in [0.2, 0.25) is 0 Å². The molecule has 0 aromatic heterocycles. The van der Waals surface area contributed by atoms with Gasteiger partial charge in [0.15, 0.2) is 17.8 Å². The first kappa shape index (κ1) is 13.0. The van der Waals surface area contributed by atoms with Crippen molar-refractivity contribution in [3.63, 3.8) is 0 Å². The van der Waals surface area contributed by atoms with E-state index in [1.807, 2.05) is 0 Å². The minimum Gasteiger partial charge on any atom is -0.504 e. The summed E-state index contributed by atoms with van der Waals surface area (Å²) in [5, 5.41) is 18.5. The second kappa shape index (κ2) is 5.31. The van der Waals surface area contributed by atoms with E-state index in [9.17, 15) is 14.7 Å². The lowest BCUT2D eigenvalue weighted by Crippen LogP contribution is -2.23. The summed E-state index contributed by atoms with van der Waals surface area (Å²) in [6, 6.07) is 2.51. The van der Waals surface area contributed by atoms with Gasteiger partial charge in [-0.1, -0.05) is 0 Å². The summed E-state index contributed by atoms with van der Waals surface area (Å²) < 4.78 is 9.63. The number of ether oxygens (including phenoxy) is 2. The molecule has 0 spiro atoms. The molecule has 0 saturated heterocycles. The van der Waals surface area contributed by atoms with Crippen molar-refractivity contribution in [3.8, 4) is 17.2 Å². The fraction of sp³-hybridized carbons (Fsp3) is 0.273. The molecular weight excluding hydrogens is 228 g/mol. The maximum atomic E-state index is 11.2. The predicted octanol–water partition coefficient (Wildman–Crippen LogP) is 0.499. The molecule has 6 nitrogen and oxygen atoms in total. The van der Waals surface area contributed by atoms with Crippen molar-refractivity contribution in [2.75, 3.05) is 7.11 Å². The van der Waals surface area contributed by atoms with Gasteiger partial charge in [0.25, 0.3) is 0 Å². The number of phenolic OH excluding ortho intramolecular Hbond substituents is 1. The van der Waals surface area contributed by atoms with E-state index in [1.165, 1.54) is 26.2 Å². The van der Waals surface area contributed by atoms with Crippen LogP contribution in [-0.2, 0) is 4.79 Å². The fourth-order valence-corrected chi connectivity index (χ4v) is 1.15. The van der Waals surface area contributed by atoms with E-state index in [0.29, 0.717) is 6.29 Å². The quantitative estimate of drug-likeness (QED) is 0.452. The van der Waals surface area contributed by atoms with E-state index in [-0.39, 0.29) is 22.8 Å². The number of aldehydes is 1. The van der Waals surface area contributed by atoms with Crippen LogP contribution in [0.3, 0.4) is 0 Å². The Bertz CT molecular complexity index is 438. The molecule has 1 rings (SSSR count). The average Bonchev–Trinajstić information content (AvgIpc) is 2.29. The zero-order chi connectivity index (χ0) is 13.0. The molecule has 17 heavy (non-hydrogen) atoms. The van der Waals surface area contributed by atoms with Crippen LogP contribution in [0.15, 0.2) is 12.1 Å². The van der Waals surface area contributed by atoms with Crippen molar-refractivity contribution in [3.05, 3.63) is 17.7 Å². The Balaban J connectivity index is 3.23. The molecule has 92 valence electrons. The van der Waals surface area contributed by atoms with E-state index in [0.717, 1.165) is 0 Å². The number of hydrogen-bond donors (Lipinski definition) is 2. The molecule has 0 saturated carbocycles. The smallest absolute Gasteiger partial charge is 0.340 e. The van der Waals surface area contributed by atoms with Crippen LogP contribution >= 0.6 is 0 Å². The topological polar surface area (TPSA) is 93.1 Å². The van der Waals surface area contributed by atoms with Crippen LogP contribution < -0.4 is 9.47 Å². The Morgan fingerprint density at radius 1 is 1.41 bits per heavy atom. The van der Waals surface area contributed by atoms with E-state index in [4.69, 9.17) is 14.6 Å². The van der Waals surface area contributed by atoms with E-state index < -0.39 is 12.1 Å². The number of hydrogen-bond acceptors (Lipinski definition) is 6. The Morgan fingerprint density at radius 3 is 2.53 bits per heavy atom. The van der Waals surface area contributed by atoms with Gasteiger partial charge in [-0.05, 0) is 19.1 Å². The first-order chi connectivity index (χ1) is 8.01. The third kappa shape index (κ3) is 2.73. The van der Waals surface area contributed by atoms with E-state index in [1.54, 1.807) is 0 Å². The summed E-state index contributed by atoms with van der Waals surface area (Å²) >= 11 is 0. The summed E-state index contributed by atoms with van der Waals surface area (Å²) in [5.74, 6) is -1.57. The maximum absolute atomic E-state index is 11.2. The van der Waals surface area contributed by atoms with Gasteiger partial charge in [0, 0.05) is 0 Å². The molecule has 0 bridgehead atoms.